The van der Waals surface area contributed by atoms with E-state index in [4.69, 9.17) is 5.73 Å². The van der Waals surface area contributed by atoms with Crippen LogP contribution < -0.4 is 11.1 Å². The normalized spacial score (nSPS) is 29.5. The van der Waals surface area contributed by atoms with Gasteiger partial charge in [0.1, 0.15) is 0 Å². The van der Waals surface area contributed by atoms with Gasteiger partial charge in [-0.05, 0) is 25.7 Å². The molecule has 13 heavy (non-hydrogen) atoms. The summed E-state index contributed by atoms with van der Waals surface area (Å²) in [6, 6.07) is 1.65. The third kappa shape index (κ3) is 3.28. The topological polar surface area (TPSA) is 38.0 Å². The van der Waals surface area contributed by atoms with Gasteiger partial charge in [0.2, 0.25) is 0 Å². The molecule has 0 spiro atoms. The molecule has 0 heterocycles. The van der Waals surface area contributed by atoms with E-state index >= 15 is 0 Å². The molecule has 78 valence electrons. The van der Waals surface area contributed by atoms with Crippen LogP contribution in [0, 0.1) is 0 Å². The van der Waals surface area contributed by atoms with Gasteiger partial charge in [-0.1, -0.05) is 26.7 Å². The molecule has 1 rings (SSSR count). The molecule has 1 fully saturated rings. The summed E-state index contributed by atoms with van der Waals surface area (Å²) in [5.41, 5.74) is 6.07. The van der Waals surface area contributed by atoms with Crippen LogP contribution in [-0.2, 0) is 0 Å². The first-order valence-corrected chi connectivity index (χ1v) is 5.79. The first kappa shape index (κ1) is 11.0. The van der Waals surface area contributed by atoms with Crippen LogP contribution in [0.3, 0.4) is 0 Å². The fourth-order valence-corrected chi connectivity index (χ4v) is 2.19. The summed E-state index contributed by atoms with van der Waals surface area (Å²) in [6.07, 6.45) is 7.60. The van der Waals surface area contributed by atoms with E-state index in [-0.39, 0.29) is 0 Å². The Kier molecular flexibility index (Phi) is 4.74. The SMILES string of the molecule is CCC(CC)N[C@@H]1CCCC[C@H]1N. The Morgan fingerprint density at radius 1 is 1.23 bits per heavy atom. The van der Waals surface area contributed by atoms with Gasteiger partial charge in [0.25, 0.3) is 0 Å². The second kappa shape index (κ2) is 5.61. The Morgan fingerprint density at radius 2 is 1.85 bits per heavy atom. The third-order valence-corrected chi connectivity index (χ3v) is 3.25. The zero-order valence-corrected chi connectivity index (χ0v) is 9.05. The lowest BCUT2D eigenvalue weighted by atomic mass is 9.90. The monoisotopic (exact) mass is 184 g/mol. The summed E-state index contributed by atoms with van der Waals surface area (Å²) >= 11 is 0. The number of nitrogens with one attached hydrogen (secondary N) is 1. The van der Waals surface area contributed by atoms with Crippen LogP contribution >= 0.6 is 0 Å². The predicted molar refractivity (Wildman–Crippen MR) is 57.7 cm³/mol. The van der Waals surface area contributed by atoms with Crippen molar-refractivity contribution in [3.8, 4) is 0 Å². The third-order valence-electron chi connectivity index (χ3n) is 3.25. The molecule has 1 aliphatic rings. The van der Waals surface area contributed by atoms with Crippen LogP contribution in [0.4, 0.5) is 0 Å². The molecule has 0 radical (unpaired) electrons. The van der Waals surface area contributed by atoms with Crippen molar-refractivity contribution in [1.82, 2.24) is 5.32 Å². The number of hydrogen-bond acceptors (Lipinski definition) is 2. The molecule has 3 N–H and O–H groups in total. The second-order valence-electron chi connectivity index (χ2n) is 4.23. The average Bonchev–Trinajstić information content (AvgIpc) is 2.17. The average molecular weight is 184 g/mol. The highest BCUT2D eigenvalue weighted by Gasteiger charge is 2.22. The van der Waals surface area contributed by atoms with E-state index in [1.165, 1.54) is 38.5 Å². The van der Waals surface area contributed by atoms with E-state index in [1.54, 1.807) is 0 Å². The molecule has 0 saturated heterocycles. The molecular formula is C11H24N2. The van der Waals surface area contributed by atoms with Crippen molar-refractivity contribution in [3.05, 3.63) is 0 Å². The van der Waals surface area contributed by atoms with E-state index in [0.717, 1.165) is 0 Å². The number of rotatable bonds is 4. The zero-order chi connectivity index (χ0) is 9.68. The molecule has 2 atom stereocenters. The molecule has 2 nitrogen and oxygen atoms in total. The maximum Gasteiger partial charge on any atom is 0.0221 e. The maximum atomic E-state index is 6.07. The highest BCUT2D eigenvalue weighted by molar-refractivity contribution is 4.85. The molecule has 0 bridgehead atoms. The molecular weight excluding hydrogens is 160 g/mol. The smallest absolute Gasteiger partial charge is 0.0221 e. The van der Waals surface area contributed by atoms with E-state index in [0.29, 0.717) is 18.1 Å². The standard InChI is InChI=1S/C11H24N2/c1-3-9(4-2)13-11-8-6-5-7-10(11)12/h9-11,13H,3-8,12H2,1-2H3/t10-,11-/m1/s1. The highest BCUT2D eigenvalue weighted by Crippen LogP contribution is 2.18. The van der Waals surface area contributed by atoms with Gasteiger partial charge >= 0.3 is 0 Å². The Balaban J connectivity index is 2.32. The minimum atomic E-state index is 0.398. The first-order valence-electron chi connectivity index (χ1n) is 5.79. The quantitative estimate of drug-likeness (QED) is 0.701. The summed E-state index contributed by atoms with van der Waals surface area (Å²) in [7, 11) is 0. The van der Waals surface area contributed by atoms with Gasteiger partial charge in [-0.15, -0.1) is 0 Å². The molecule has 2 heteroatoms. The van der Waals surface area contributed by atoms with E-state index < -0.39 is 0 Å². The molecule has 1 aliphatic carbocycles. The van der Waals surface area contributed by atoms with Crippen molar-refractivity contribution >= 4 is 0 Å². The molecule has 0 aliphatic heterocycles. The highest BCUT2D eigenvalue weighted by atomic mass is 15.0. The van der Waals surface area contributed by atoms with E-state index in [9.17, 15) is 0 Å². The Morgan fingerprint density at radius 3 is 2.38 bits per heavy atom. The second-order valence-corrected chi connectivity index (χ2v) is 4.23. The van der Waals surface area contributed by atoms with Crippen molar-refractivity contribution in [2.45, 2.75) is 70.5 Å². The molecule has 0 aromatic rings. The van der Waals surface area contributed by atoms with Gasteiger partial charge in [0.05, 0.1) is 0 Å². The molecule has 0 unspecified atom stereocenters. The lowest BCUT2D eigenvalue weighted by Gasteiger charge is -2.32. The van der Waals surface area contributed by atoms with Crippen molar-refractivity contribution in [2.24, 2.45) is 5.73 Å². The van der Waals surface area contributed by atoms with Crippen LogP contribution in [0.2, 0.25) is 0 Å². The first-order chi connectivity index (χ1) is 6.27. The van der Waals surface area contributed by atoms with Crippen molar-refractivity contribution in [2.75, 3.05) is 0 Å². The van der Waals surface area contributed by atoms with Crippen LogP contribution in [0.1, 0.15) is 52.4 Å². The summed E-state index contributed by atoms with van der Waals surface area (Å²) in [6.45, 7) is 4.49. The van der Waals surface area contributed by atoms with E-state index in [2.05, 4.69) is 19.2 Å². The van der Waals surface area contributed by atoms with Crippen molar-refractivity contribution < 1.29 is 0 Å². The van der Waals surface area contributed by atoms with Crippen LogP contribution in [0.15, 0.2) is 0 Å². The Labute approximate surface area is 82.3 Å². The Hall–Kier alpha value is -0.0800. The van der Waals surface area contributed by atoms with Gasteiger partial charge in [0, 0.05) is 18.1 Å². The van der Waals surface area contributed by atoms with E-state index in [1.807, 2.05) is 0 Å². The largest absolute Gasteiger partial charge is 0.326 e. The lowest BCUT2D eigenvalue weighted by Crippen LogP contribution is -2.50. The summed E-state index contributed by atoms with van der Waals surface area (Å²) in [4.78, 5) is 0. The van der Waals surface area contributed by atoms with Gasteiger partial charge < -0.3 is 11.1 Å². The fourth-order valence-electron chi connectivity index (χ4n) is 2.19. The zero-order valence-electron chi connectivity index (χ0n) is 9.05. The minimum absolute atomic E-state index is 0.398. The van der Waals surface area contributed by atoms with Gasteiger partial charge in [-0.2, -0.15) is 0 Å². The Bertz CT molecular complexity index is 132. The molecule has 0 aromatic carbocycles. The van der Waals surface area contributed by atoms with Crippen LogP contribution in [0.5, 0.6) is 0 Å². The fraction of sp³-hybridized carbons (Fsp3) is 1.00. The maximum absolute atomic E-state index is 6.07. The van der Waals surface area contributed by atoms with Gasteiger partial charge in [-0.25, -0.2) is 0 Å². The molecule has 1 saturated carbocycles. The number of hydrogen-bond donors (Lipinski definition) is 2. The van der Waals surface area contributed by atoms with Crippen molar-refractivity contribution in [1.29, 1.82) is 0 Å². The minimum Gasteiger partial charge on any atom is -0.326 e. The lowest BCUT2D eigenvalue weighted by molar-refractivity contribution is 0.292. The van der Waals surface area contributed by atoms with Crippen LogP contribution in [0.25, 0.3) is 0 Å². The van der Waals surface area contributed by atoms with Crippen molar-refractivity contribution in [3.63, 3.8) is 0 Å². The van der Waals surface area contributed by atoms with Gasteiger partial charge in [0.15, 0.2) is 0 Å². The molecule has 0 aromatic heterocycles. The summed E-state index contributed by atoms with van der Waals surface area (Å²) in [5, 5.41) is 3.68. The summed E-state index contributed by atoms with van der Waals surface area (Å²) < 4.78 is 0. The summed E-state index contributed by atoms with van der Waals surface area (Å²) in [5.74, 6) is 0. The predicted octanol–water partition coefficient (Wildman–Crippen LogP) is 2.03. The van der Waals surface area contributed by atoms with Crippen LogP contribution in [-0.4, -0.2) is 18.1 Å². The molecule has 0 amide bonds. The number of nitrogens with two attached hydrogens (primary N) is 1. The van der Waals surface area contributed by atoms with Gasteiger partial charge in [-0.3, -0.25) is 0 Å².